The van der Waals surface area contributed by atoms with E-state index in [0.29, 0.717) is 23.0 Å². The molecule has 1 aromatic heterocycles. The zero-order chi connectivity index (χ0) is 16.9. The molecule has 0 unspecified atom stereocenters. The van der Waals surface area contributed by atoms with Gasteiger partial charge in [-0.25, -0.2) is 4.39 Å². The fourth-order valence-corrected chi connectivity index (χ4v) is 2.62. The van der Waals surface area contributed by atoms with Crippen LogP contribution in [0.4, 0.5) is 15.9 Å². The van der Waals surface area contributed by atoms with Gasteiger partial charge in [0.25, 0.3) is 0 Å². The number of nitrogens with zero attached hydrogens (tertiary/aromatic N) is 2. The molecule has 122 valence electrons. The molecule has 0 spiro atoms. The summed E-state index contributed by atoms with van der Waals surface area (Å²) in [6, 6.07) is 16.1. The average Bonchev–Trinajstić information content (AvgIpc) is 2.99. The lowest BCUT2D eigenvalue weighted by atomic mass is 10.2. The minimum Gasteiger partial charge on any atom is -0.332 e. The Labute approximate surface area is 152 Å². The first-order chi connectivity index (χ1) is 11.6. The summed E-state index contributed by atoms with van der Waals surface area (Å²) < 4.78 is 16.3. The molecule has 1 heterocycles. The Morgan fingerprint density at radius 1 is 1.08 bits per heavy atom. The molecule has 2 aromatic carbocycles. The van der Waals surface area contributed by atoms with Crippen LogP contribution in [0.5, 0.6) is 0 Å². The van der Waals surface area contributed by atoms with Crippen LogP contribution in [0.25, 0.3) is 0 Å². The normalized spacial score (nSPS) is 10.4. The van der Waals surface area contributed by atoms with Crippen molar-refractivity contribution >= 4 is 44.8 Å². The molecule has 3 aromatic rings. The maximum absolute atomic E-state index is 13.7. The predicted octanol–water partition coefficient (Wildman–Crippen LogP) is 4.64. The van der Waals surface area contributed by atoms with Crippen LogP contribution >= 0.6 is 28.1 Å². The third kappa shape index (κ3) is 4.39. The van der Waals surface area contributed by atoms with E-state index in [0.717, 1.165) is 10.2 Å². The van der Waals surface area contributed by atoms with Crippen LogP contribution in [0, 0.1) is 5.82 Å². The van der Waals surface area contributed by atoms with E-state index in [-0.39, 0.29) is 5.82 Å². The van der Waals surface area contributed by atoms with Gasteiger partial charge in [-0.15, -0.1) is 0 Å². The number of hydrogen-bond acceptors (Lipinski definition) is 2. The number of benzene rings is 2. The number of aromatic nitrogens is 2. The third-order valence-electron chi connectivity index (χ3n) is 3.27. The number of nitrogens with one attached hydrogen (secondary N) is 2. The van der Waals surface area contributed by atoms with Gasteiger partial charge in [0.05, 0.1) is 6.54 Å². The summed E-state index contributed by atoms with van der Waals surface area (Å²) in [6.07, 6.45) is 1.77. The maximum atomic E-state index is 13.7. The van der Waals surface area contributed by atoms with Crippen LogP contribution in [0.1, 0.15) is 5.56 Å². The Bertz CT molecular complexity index is 848. The molecular weight excluding hydrogens is 391 g/mol. The molecule has 0 aliphatic heterocycles. The highest BCUT2D eigenvalue weighted by Crippen LogP contribution is 2.15. The smallest absolute Gasteiger partial charge is 0.176 e. The highest BCUT2D eigenvalue weighted by atomic mass is 79.9. The van der Waals surface area contributed by atoms with Gasteiger partial charge in [0.1, 0.15) is 5.82 Å². The van der Waals surface area contributed by atoms with Crippen LogP contribution in [-0.4, -0.2) is 14.9 Å². The van der Waals surface area contributed by atoms with Crippen molar-refractivity contribution in [1.29, 1.82) is 0 Å². The van der Waals surface area contributed by atoms with Crippen molar-refractivity contribution < 1.29 is 4.39 Å². The van der Waals surface area contributed by atoms with E-state index >= 15 is 0 Å². The van der Waals surface area contributed by atoms with E-state index in [4.69, 9.17) is 12.2 Å². The molecule has 0 saturated carbocycles. The minimum absolute atomic E-state index is 0.241. The van der Waals surface area contributed by atoms with Crippen LogP contribution in [0.2, 0.25) is 0 Å². The van der Waals surface area contributed by atoms with Gasteiger partial charge in [0, 0.05) is 28.0 Å². The first-order valence-electron chi connectivity index (χ1n) is 7.20. The third-order valence-corrected chi connectivity index (χ3v) is 4.01. The Morgan fingerprint density at radius 2 is 1.83 bits per heavy atom. The summed E-state index contributed by atoms with van der Waals surface area (Å²) in [6.45, 7) is 0.362. The van der Waals surface area contributed by atoms with Gasteiger partial charge in [-0.3, -0.25) is 4.68 Å². The quantitative estimate of drug-likeness (QED) is 0.621. The van der Waals surface area contributed by atoms with Crippen molar-refractivity contribution in [3.05, 3.63) is 76.6 Å². The second-order valence-electron chi connectivity index (χ2n) is 5.08. The van der Waals surface area contributed by atoms with Gasteiger partial charge in [-0.1, -0.05) is 34.1 Å². The molecule has 2 N–H and O–H groups in total. The van der Waals surface area contributed by atoms with Crippen molar-refractivity contribution in [3.8, 4) is 0 Å². The standard InChI is InChI=1S/C17H14BrFN4S/c18-13-5-7-14(8-6-13)20-17(24)21-16-9-10-23(22-16)11-12-3-1-2-4-15(12)19/h1-10H,11H2,(H2,20,21,22,24). The van der Waals surface area contributed by atoms with Crippen LogP contribution in [-0.2, 0) is 6.54 Å². The molecule has 0 saturated heterocycles. The molecule has 4 nitrogen and oxygen atoms in total. The number of rotatable bonds is 4. The molecule has 0 radical (unpaired) electrons. The van der Waals surface area contributed by atoms with Crippen LogP contribution < -0.4 is 10.6 Å². The van der Waals surface area contributed by atoms with Gasteiger partial charge in [0.2, 0.25) is 0 Å². The summed E-state index contributed by atoms with van der Waals surface area (Å²) in [4.78, 5) is 0. The van der Waals surface area contributed by atoms with E-state index in [2.05, 4.69) is 31.7 Å². The van der Waals surface area contributed by atoms with E-state index in [1.807, 2.05) is 24.3 Å². The summed E-state index contributed by atoms with van der Waals surface area (Å²) >= 11 is 8.65. The number of anilines is 2. The van der Waals surface area contributed by atoms with Crippen molar-refractivity contribution in [2.45, 2.75) is 6.54 Å². The maximum Gasteiger partial charge on any atom is 0.176 e. The second kappa shape index (κ2) is 7.55. The van der Waals surface area contributed by atoms with E-state index in [9.17, 15) is 4.39 Å². The van der Waals surface area contributed by atoms with Gasteiger partial charge in [0.15, 0.2) is 10.9 Å². The SMILES string of the molecule is Fc1ccccc1Cn1ccc(NC(=S)Nc2ccc(Br)cc2)n1. The summed E-state index contributed by atoms with van der Waals surface area (Å²) in [5.74, 6) is 0.357. The lowest BCUT2D eigenvalue weighted by Gasteiger charge is -2.08. The first-order valence-corrected chi connectivity index (χ1v) is 8.41. The van der Waals surface area contributed by atoms with Gasteiger partial charge < -0.3 is 10.6 Å². The Balaban J connectivity index is 1.60. The largest absolute Gasteiger partial charge is 0.332 e. The molecule has 24 heavy (non-hydrogen) atoms. The van der Waals surface area contributed by atoms with Crippen molar-refractivity contribution in [3.63, 3.8) is 0 Å². The Morgan fingerprint density at radius 3 is 2.58 bits per heavy atom. The van der Waals surface area contributed by atoms with Gasteiger partial charge >= 0.3 is 0 Å². The second-order valence-corrected chi connectivity index (χ2v) is 6.40. The fraction of sp³-hybridized carbons (Fsp3) is 0.0588. The number of thiocarbonyl (C=S) groups is 1. The highest BCUT2D eigenvalue weighted by molar-refractivity contribution is 9.10. The lowest BCUT2D eigenvalue weighted by molar-refractivity contribution is 0.586. The fourth-order valence-electron chi connectivity index (χ4n) is 2.13. The molecule has 7 heteroatoms. The monoisotopic (exact) mass is 404 g/mol. The Kier molecular flexibility index (Phi) is 5.22. The van der Waals surface area contributed by atoms with Crippen LogP contribution in [0.15, 0.2) is 65.3 Å². The lowest BCUT2D eigenvalue weighted by Crippen LogP contribution is -2.19. The minimum atomic E-state index is -0.241. The number of hydrogen-bond donors (Lipinski definition) is 2. The Hall–Kier alpha value is -2.25. The molecule has 0 aliphatic carbocycles. The molecule has 3 rings (SSSR count). The van der Waals surface area contributed by atoms with E-state index in [1.54, 1.807) is 35.1 Å². The summed E-state index contributed by atoms with van der Waals surface area (Å²) in [7, 11) is 0. The van der Waals surface area contributed by atoms with Crippen molar-refractivity contribution in [2.75, 3.05) is 10.6 Å². The average molecular weight is 405 g/mol. The van der Waals surface area contributed by atoms with E-state index in [1.165, 1.54) is 6.07 Å². The molecule has 0 atom stereocenters. The predicted molar refractivity (Wildman–Crippen MR) is 102 cm³/mol. The first kappa shape index (κ1) is 16.6. The molecule has 0 amide bonds. The van der Waals surface area contributed by atoms with Crippen LogP contribution in [0.3, 0.4) is 0 Å². The zero-order valence-corrected chi connectivity index (χ0v) is 14.9. The summed E-state index contributed by atoms with van der Waals surface area (Å²) in [5, 5.41) is 10.9. The van der Waals surface area contributed by atoms with Crippen molar-refractivity contribution in [2.24, 2.45) is 0 Å². The molecule has 0 aliphatic rings. The topological polar surface area (TPSA) is 41.9 Å². The molecule has 0 bridgehead atoms. The van der Waals surface area contributed by atoms with Gasteiger partial charge in [-0.05, 0) is 42.5 Å². The van der Waals surface area contributed by atoms with E-state index < -0.39 is 0 Å². The summed E-state index contributed by atoms with van der Waals surface area (Å²) in [5.41, 5.74) is 1.46. The number of halogens is 2. The highest BCUT2D eigenvalue weighted by Gasteiger charge is 2.05. The van der Waals surface area contributed by atoms with Gasteiger partial charge in [-0.2, -0.15) is 5.10 Å². The zero-order valence-electron chi connectivity index (χ0n) is 12.5. The van der Waals surface area contributed by atoms with Crippen molar-refractivity contribution in [1.82, 2.24) is 9.78 Å². The molecule has 0 fully saturated rings. The molecular formula is C17H14BrFN4S.